The van der Waals surface area contributed by atoms with Crippen LogP contribution in [-0.2, 0) is 9.53 Å². The van der Waals surface area contributed by atoms with Crippen molar-refractivity contribution in [3.8, 4) is 5.75 Å². The topological polar surface area (TPSA) is 55.8 Å². The fourth-order valence-corrected chi connectivity index (χ4v) is 2.81. The Balaban J connectivity index is 1.53. The van der Waals surface area contributed by atoms with Crippen molar-refractivity contribution in [2.45, 2.75) is 19.8 Å². The van der Waals surface area contributed by atoms with Gasteiger partial charge in [-0.15, -0.1) is 0 Å². The van der Waals surface area contributed by atoms with E-state index < -0.39 is 5.97 Å². The Morgan fingerprint density at radius 3 is 2.72 bits per heavy atom. The first-order valence-corrected chi connectivity index (χ1v) is 8.41. The Kier molecular flexibility index (Phi) is 5.33. The lowest BCUT2D eigenvalue weighted by atomic mass is 10.2. The molecule has 130 valence electrons. The molecule has 1 amide bonds. The quantitative estimate of drug-likeness (QED) is 0.598. The lowest BCUT2D eigenvalue weighted by Crippen LogP contribution is -2.24. The van der Waals surface area contributed by atoms with Gasteiger partial charge < -0.3 is 14.4 Å². The lowest BCUT2D eigenvalue weighted by Gasteiger charge is -2.16. The zero-order valence-corrected chi connectivity index (χ0v) is 14.2. The number of carbonyl (C=O) groups excluding carboxylic acids is 2. The maximum atomic E-state index is 12.2. The van der Waals surface area contributed by atoms with Gasteiger partial charge >= 0.3 is 5.97 Å². The predicted molar refractivity (Wildman–Crippen MR) is 95.0 cm³/mol. The Hall–Kier alpha value is -2.82. The lowest BCUT2D eigenvalue weighted by molar-refractivity contribution is -0.117. The van der Waals surface area contributed by atoms with Crippen LogP contribution in [-0.4, -0.2) is 31.6 Å². The minimum Gasteiger partial charge on any atom is -0.490 e. The van der Waals surface area contributed by atoms with Crippen LogP contribution in [0, 0.1) is 6.92 Å². The summed E-state index contributed by atoms with van der Waals surface area (Å²) in [5.41, 5.74) is 2.22. The summed E-state index contributed by atoms with van der Waals surface area (Å²) in [6.45, 7) is 3.12. The molecule has 5 heteroatoms. The molecular weight excluding hydrogens is 318 g/mol. The minimum atomic E-state index is -0.415. The van der Waals surface area contributed by atoms with E-state index in [1.54, 1.807) is 23.1 Å². The van der Waals surface area contributed by atoms with Crippen molar-refractivity contribution in [3.05, 3.63) is 59.7 Å². The summed E-state index contributed by atoms with van der Waals surface area (Å²) in [5.74, 6) is 0.465. The van der Waals surface area contributed by atoms with Crippen LogP contribution in [0.15, 0.2) is 48.5 Å². The molecule has 0 aromatic heterocycles. The van der Waals surface area contributed by atoms with E-state index in [0.717, 1.165) is 23.4 Å². The number of hydrogen-bond acceptors (Lipinski definition) is 4. The molecule has 0 aliphatic carbocycles. The highest BCUT2D eigenvalue weighted by Gasteiger charge is 2.22. The number of para-hydroxylation sites is 1. The van der Waals surface area contributed by atoms with Crippen LogP contribution in [0.3, 0.4) is 0 Å². The molecule has 0 unspecified atom stereocenters. The van der Waals surface area contributed by atoms with Crippen LogP contribution in [0.4, 0.5) is 5.69 Å². The zero-order valence-electron chi connectivity index (χ0n) is 14.2. The van der Waals surface area contributed by atoms with Gasteiger partial charge in [0.1, 0.15) is 19.0 Å². The molecule has 1 saturated heterocycles. The van der Waals surface area contributed by atoms with Crippen LogP contribution in [0.5, 0.6) is 5.75 Å². The molecule has 0 N–H and O–H groups in total. The first-order valence-electron chi connectivity index (χ1n) is 8.41. The zero-order chi connectivity index (χ0) is 17.6. The smallest absolute Gasteiger partial charge is 0.338 e. The van der Waals surface area contributed by atoms with Crippen molar-refractivity contribution >= 4 is 17.6 Å². The number of nitrogens with zero attached hydrogens (tertiary/aromatic N) is 1. The van der Waals surface area contributed by atoms with E-state index in [2.05, 4.69) is 0 Å². The number of aryl methyl sites for hydroxylation is 1. The molecule has 1 fully saturated rings. The molecule has 1 aliphatic heterocycles. The van der Waals surface area contributed by atoms with Crippen LogP contribution >= 0.6 is 0 Å². The number of hydrogen-bond donors (Lipinski definition) is 0. The van der Waals surface area contributed by atoms with E-state index in [9.17, 15) is 9.59 Å². The highest BCUT2D eigenvalue weighted by atomic mass is 16.6. The van der Waals surface area contributed by atoms with Gasteiger partial charge in [-0.25, -0.2) is 4.79 Å². The van der Waals surface area contributed by atoms with Crippen molar-refractivity contribution in [1.82, 2.24) is 0 Å². The number of anilines is 1. The maximum absolute atomic E-state index is 12.2. The predicted octanol–water partition coefficient (Wildman–Crippen LogP) is 3.36. The van der Waals surface area contributed by atoms with Gasteiger partial charge in [-0.3, -0.25) is 4.79 Å². The van der Waals surface area contributed by atoms with Crippen molar-refractivity contribution in [3.63, 3.8) is 0 Å². The van der Waals surface area contributed by atoms with Crippen molar-refractivity contribution in [2.75, 3.05) is 24.7 Å². The second-order valence-electron chi connectivity index (χ2n) is 5.95. The fraction of sp³-hybridized carbons (Fsp3) is 0.300. The van der Waals surface area contributed by atoms with Crippen LogP contribution in [0.1, 0.15) is 28.8 Å². The Labute approximate surface area is 147 Å². The van der Waals surface area contributed by atoms with Gasteiger partial charge in [0, 0.05) is 18.7 Å². The maximum Gasteiger partial charge on any atom is 0.338 e. The van der Waals surface area contributed by atoms with E-state index in [1.807, 2.05) is 37.3 Å². The summed E-state index contributed by atoms with van der Waals surface area (Å²) < 4.78 is 10.9. The van der Waals surface area contributed by atoms with E-state index in [4.69, 9.17) is 9.47 Å². The van der Waals surface area contributed by atoms with E-state index in [0.29, 0.717) is 25.1 Å². The Morgan fingerprint density at radius 2 is 1.96 bits per heavy atom. The van der Waals surface area contributed by atoms with Crippen LogP contribution in [0.25, 0.3) is 0 Å². The second-order valence-corrected chi connectivity index (χ2v) is 5.95. The number of esters is 1. The van der Waals surface area contributed by atoms with Crippen LogP contribution < -0.4 is 9.64 Å². The molecule has 1 heterocycles. The normalized spacial score (nSPS) is 13.8. The molecule has 0 saturated carbocycles. The highest BCUT2D eigenvalue weighted by molar-refractivity contribution is 5.97. The highest BCUT2D eigenvalue weighted by Crippen LogP contribution is 2.22. The molecule has 0 atom stereocenters. The standard InChI is InChI=1S/C20H21NO4/c1-15-6-2-3-9-18(15)24-12-13-25-20(23)16-7-4-8-17(14-16)21-11-5-10-19(21)22/h2-4,6-9,14H,5,10-13H2,1H3. The van der Waals surface area contributed by atoms with E-state index in [-0.39, 0.29) is 12.5 Å². The van der Waals surface area contributed by atoms with Crippen molar-refractivity contribution in [1.29, 1.82) is 0 Å². The molecule has 5 nitrogen and oxygen atoms in total. The number of benzene rings is 2. The number of ether oxygens (including phenoxy) is 2. The third-order valence-electron chi connectivity index (χ3n) is 4.13. The molecule has 2 aromatic rings. The molecule has 25 heavy (non-hydrogen) atoms. The average Bonchev–Trinajstić information content (AvgIpc) is 3.06. The minimum absolute atomic E-state index is 0.0946. The number of rotatable bonds is 6. The summed E-state index contributed by atoms with van der Waals surface area (Å²) >= 11 is 0. The van der Waals surface area contributed by atoms with Gasteiger partial charge in [-0.1, -0.05) is 24.3 Å². The Bertz CT molecular complexity index is 772. The van der Waals surface area contributed by atoms with Gasteiger partial charge in [-0.2, -0.15) is 0 Å². The number of carbonyl (C=O) groups is 2. The summed E-state index contributed by atoms with van der Waals surface area (Å²) in [7, 11) is 0. The average molecular weight is 339 g/mol. The summed E-state index contributed by atoms with van der Waals surface area (Å²) in [6.07, 6.45) is 1.41. The Morgan fingerprint density at radius 1 is 1.12 bits per heavy atom. The molecule has 1 aliphatic rings. The first kappa shape index (κ1) is 17.0. The molecule has 0 spiro atoms. The fourth-order valence-electron chi connectivity index (χ4n) is 2.81. The first-order chi connectivity index (χ1) is 12.1. The van der Waals surface area contributed by atoms with E-state index >= 15 is 0 Å². The molecule has 3 rings (SSSR count). The SMILES string of the molecule is Cc1ccccc1OCCOC(=O)c1cccc(N2CCCC2=O)c1. The van der Waals surface area contributed by atoms with Crippen molar-refractivity contribution in [2.24, 2.45) is 0 Å². The van der Waals surface area contributed by atoms with Gasteiger partial charge in [0.2, 0.25) is 5.91 Å². The van der Waals surface area contributed by atoms with E-state index in [1.165, 1.54) is 0 Å². The van der Waals surface area contributed by atoms with Crippen LogP contribution in [0.2, 0.25) is 0 Å². The molecule has 0 bridgehead atoms. The summed E-state index contributed by atoms with van der Waals surface area (Å²) in [6, 6.07) is 14.7. The summed E-state index contributed by atoms with van der Waals surface area (Å²) in [4.78, 5) is 25.7. The third kappa shape index (κ3) is 4.18. The van der Waals surface area contributed by atoms with Gasteiger partial charge in [0.25, 0.3) is 0 Å². The second kappa shape index (κ2) is 7.83. The largest absolute Gasteiger partial charge is 0.490 e. The molecular formula is C20H21NO4. The monoisotopic (exact) mass is 339 g/mol. The number of amides is 1. The van der Waals surface area contributed by atoms with Gasteiger partial charge in [0.15, 0.2) is 0 Å². The third-order valence-corrected chi connectivity index (χ3v) is 4.13. The molecule has 2 aromatic carbocycles. The van der Waals surface area contributed by atoms with Crippen molar-refractivity contribution < 1.29 is 19.1 Å². The van der Waals surface area contributed by atoms with Gasteiger partial charge in [0.05, 0.1) is 5.56 Å². The summed E-state index contributed by atoms with van der Waals surface area (Å²) in [5, 5.41) is 0. The van der Waals surface area contributed by atoms with Gasteiger partial charge in [-0.05, 0) is 43.2 Å². The molecule has 0 radical (unpaired) electrons.